The lowest BCUT2D eigenvalue weighted by Crippen LogP contribution is -1.73. The van der Waals surface area contributed by atoms with E-state index in [-0.39, 0.29) is 0 Å². The van der Waals surface area contributed by atoms with Crippen molar-refractivity contribution in [3.63, 3.8) is 0 Å². The molecule has 0 aromatic rings. The summed E-state index contributed by atoms with van der Waals surface area (Å²) in [6, 6.07) is 0. The second-order valence-corrected chi connectivity index (χ2v) is 2.47. The topological polar surface area (TPSA) is 0 Å². The molecular formula is C9H8B. The molecule has 0 amide bonds. The normalized spacial score (nSPS) is 20.8. The van der Waals surface area contributed by atoms with Gasteiger partial charge in [0.2, 0.25) is 0 Å². The van der Waals surface area contributed by atoms with Gasteiger partial charge in [-0.25, -0.2) is 0 Å². The van der Waals surface area contributed by atoms with E-state index in [0.29, 0.717) is 0 Å². The van der Waals surface area contributed by atoms with Crippen molar-refractivity contribution >= 4 is 7.28 Å². The first-order valence-electron chi connectivity index (χ1n) is 3.55. The lowest BCUT2D eigenvalue weighted by Gasteiger charge is -1.92. The smallest absolute Gasteiger partial charge is 0.117 e. The van der Waals surface area contributed by atoms with Crippen LogP contribution >= 0.6 is 0 Å². The fourth-order valence-electron chi connectivity index (χ4n) is 1.26. The van der Waals surface area contributed by atoms with Crippen LogP contribution in [0.3, 0.4) is 0 Å². The third-order valence-electron chi connectivity index (χ3n) is 1.78. The molecule has 0 fully saturated rings. The molecule has 0 saturated carbocycles. The van der Waals surface area contributed by atoms with Crippen LogP contribution in [0.25, 0.3) is 0 Å². The van der Waals surface area contributed by atoms with Crippen LogP contribution in [0.5, 0.6) is 0 Å². The molecule has 0 atom stereocenters. The minimum atomic E-state index is 1.10. The number of allylic oxidation sites excluding steroid dienone is 6. The SMILES string of the molecule is [B]1C=CC2=CCC=C2C=C1. The van der Waals surface area contributed by atoms with Gasteiger partial charge >= 0.3 is 0 Å². The van der Waals surface area contributed by atoms with Crippen molar-refractivity contribution in [3.05, 3.63) is 47.4 Å². The number of rotatable bonds is 0. The van der Waals surface area contributed by atoms with Gasteiger partial charge in [-0.1, -0.05) is 24.3 Å². The molecule has 1 aliphatic heterocycles. The molecule has 0 nitrogen and oxygen atoms in total. The van der Waals surface area contributed by atoms with Gasteiger partial charge in [0.1, 0.15) is 0 Å². The van der Waals surface area contributed by atoms with E-state index in [0.717, 1.165) is 6.42 Å². The van der Waals surface area contributed by atoms with Gasteiger partial charge < -0.3 is 0 Å². The van der Waals surface area contributed by atoms with Crippen molar-refractivity contribution in [3.8, 4) is 0 Å². The van der Waals surface area contributed by atoms with Crippen LogP contribution in [0.4, 0.5) is 0 Å². The van der Waals surface area contributed by atoms with Gasteiger partial charge in [-0.15, -0.1) is 12.0 Å². The Hall–Kier alpha value is -0.975. The molecule has 0 unspecified atom stereocenters. The van der Waals surface area contributed by atoms with Gasteiger partial charge in [0, 0.05) is 0 Å². The molecule has 2 rings (SSSR count). The molecule has 1 radical (unpaired) electrons. The van der Waals surface area contributed by atoms with E-state index in [1.54, 1.807) is 0 Å². The largest absolute Gasteiger partial charge is 0.171 e. The second kappa shape index (κ2) is 2.33. The second-order valence-electron chi connectivity index (χ2n) is 2.47. The quantitative estimate of drug-likeness (QED) is 0.436. The first-order valence-corrected chi connectivity index (χ1v) is 3.55. The summed E-state index contributed by atoms with van der Waals surface area (Å²) in [7, 11) is 2.06. The summed E-state index contributed by atoms with van der Waals surface area (Å²) in [6.07, 6.45) is 9.89. The fourth-order valence-corrected chi connectivity index (χ4v) is 1.26. The van der Waals surface area contributed by atoms with Crippen LogP contribution in [-0.4, -0.2) is 7.28 Å². The van der Waals surface area contributed by atoms with Crippen molar-refractivity contribution in [2.24, 2.45) is 0 Å². The Labute approximate surface area is 61.9 Å². The Morgan fingerprint density at radius 3 is 2.20 bits per heavy atom. The zero-order valence-corrected chi connectivity index (χ0v) is 5.75. The highest BCUT2D eigenvalue weighted by atomic mass is 14.1. The summed E-state index contributed by atoms with van der Waals surface area (Å²) >= 11 is 0. The minimum Gasteiger partial charge on any atom is -0.117 e. The van der Waals surface area contributed by atoms with Gasteiger partial charge in [0.15, 0.2) is 7.28 Å². The first kappa shape index (κ1) is 5.78. The van der Waals surface area contributed by atoms with E-state index in [9.17, 15) is 0 Å². The van der Waals surface area contributed by atoms with Crippen LogP contribution in [0.2, 0.25) is 0 Å². The predicted molar refractivity (Wildman–Crippen MR) is 44.8 cm³/mol. The maximum atomic E-state index is 2.25. The Kier molecular flexibility index (Phi) is 1.35. The van der Waals surface area contributed by atoms with Gasteiger partial charge in [0.25, 0.3) is 0 Å². The monoisotopic (exact) mass is 127 g/mol. The zero-order valence-electron chi connectivity index (χ0n) is 5.75. The van der Waals surface area contributed by atoms with Crippen LogP contribution in [0, 0.1) is 0 Å². The molecule has 0 bridgehead atoms. The van der Waals surface area contributed by atoms with Crippen LogP contribution in [0.15, 0.2) is 47.4 Å². The molecule has 2 aliphatic rings. The van der Waals surface area contributed by atoms with E-state index in [1.165, 1.54) is 11.1 Å². The van der Waals surface area contributed by atoms with Crippen molar-refractivity contribution in [1.82, 2.24) is 0 Å². The van der Waals surface area contributed by atoms with Gasteiger partial charge in [0.05, 0.1) is 0 Å². The average Bonchev–Trinajstić information content (AvgIpc) is 2.28. The molecule has 0 spiro atoms. The number of hydrogen-bond donors (Lipinski definition) is 0. The molecule has 0 aromatic carbocycles. The minimum absolute atomic E-state index is 1.10. The van der Waals surface area contributed by atoms with Gasteiger partial charge in [-0.05, 0) is 17.6 Å². The zero-order chi connectivity index (χ0) is 6.81. The van der Waals surface area contributed by atoms with Crippen molar-refractivity contribution in [2.75, 3.05) is 0 Å². The summed E-state index contributed by atoms with van der Waals surface area (Å²) in [4.78, 5) is 0. The van der Waals surface area contributed by atoms with E-state index in [2.05, 4.69) is 43.5 Å². The molecule has 47 valence electrons. The van der Waals surface area contributed by atoms with Crippen LogP contribution < -0.4 is 0 Å². The average molecular weight is 127 g/mol. The summed E-state index contributed by atoms with van der Waals surface area (Å²) in [5.41, 5.74) is 2.73. The van der Waals surface area contributed by atoms with Crippen molar-refractivity contribution in [2.45, 2.75) is 6.42 Å². The van der Waals surface area contributed by atoms with Gasteiger partial charge in [-0.3, -0.25) is 0 Å². The van der Waals surface area contributed by atoms with E-state index in [4.69, 9.17) is 0 Å². The summed E-state index contributed by atoms with van der Waals surface area (Å²) in [6.45, 7) is 0. The summed E-state index contributed by atoms with van der Waals surface area (Å²) in [5.74, 6) is 4.16. The highest BCUT2D eigenvalue weighted by Crippen LogP contribution is 2.22. The Morgan fingerprint density at radius 1 is 1.00 bits per heavy atom. The van der Waals surface area contributed by atoms with Crippen LogP contribution in [-0.2, 0) is 0 Å². The molecular weight excluding hydrogens is 119 g/mol. The molecule has 0 aromatic heterocycles. The lowest BCUT2D eigenvalue weighted by atomic mass is 9.79. The Morgan fingerprint density at radius 2 is 1.60 bits per heavy atom. The van der Waals surface area contributed by atoms with Crippen molar-refractivity contribution in [1.29, 1.82) is 0 Å². The number of hydrogen-bond acceptors (Lipinski definition) is 0. The Bertz CT molecular complexity index is 228. The summed E-state index contributed by atoms with van der Waals surface area (Å²) in [5, 5.41) is 0. The van der Waals surface area contributed by atoms with E-state index in [1.807, 2.05) is 0 Å². The summed E-state index contributed by atoms with van der Waals surface area (Å²) < 4.78 is 0. The van der Waals surface area contributed by atoms with Gasteiger partial charge in [-0.2, -0.15) is 0 Å². The third kappa shape index (κ3) is 0.880. The molecule has 10 heavy (non-hydrogen) atoms. The maximum absolute atomic E-state index is 2.25. The lowest BCUT2D eigenvalue weighted by molar-refractivity contribution is 1.44. The van der Waals surface area contributed by atoms with Crippen LogP contribution in [0.1, 0.15) is 6.42 Å². The highest BCUT2D eigenvalue weighted by molar-refractivity contribution is 6.48. The van der Waals surface area contributed by atoms with Crippen molar-refractivity contribution < 1.29 is 0 Å². The van der Waals surface area contributed by atoms with E-state index < -0.39 is 0 Å². The third-order valence-corrected chi connectivity index (χ3v) is 1.78. The first-order chi connectivity index (χ1) is 4.97. The van der Waals surface area contributed by atoms with E-state index >= 15 is 0 Å². The molecule has 1 heterocycles. The standard InChI is InChI=1S/C9H8B/c1-2-8-4-6-10-7-5-9(8)3-1/h2-7H,1H2. The number of fused-ring (bicyclic) bond motifs is 1. The fraction of sp³-hybridized carbons (Fsp3) is 0.111. The molecule has 0 N–H and O–H groups in total. The maximum Gasteiger partial charge on any atom is 0.171 e. The highest BCUT2D eigenvalue weighted by Gasteiger charge is 2.04. The molecule has 1 heteroatoms. The Balaban J connectivity index is 2.42. The molecule has 1 aliphatic carbocycles. The predicted octanol–water partition coefficient (Wildman–Crippen LogP) is 1.99. The molecule has 0 saturated heterocycles.